The lowest BCUT2D eigenvalue weighted by Crippen LogP contribution is -2.34. The molecule has 4 aromatic rings. The predicted octanol–water partition coefficient (Wildman–Crippen LogP) is 4.57. The highest BCUT2D eigenvalue weighted by Gasteiger charge is 2.23. The monoisotopic (exact) mass is 496 g/mol. The van der Waals surface area contributed by atoms with E-state index in [0.717, 1.165) is 11.3 Å². The molecule has 35 heavy (non-hydrogen) atoms. The van der Waals surface area contributed by atoms with Crippen molar-refractivity contribution in [3.63, 3.8) is 0 Å². The van der Waals surface area contributed by atoms with Gasteiger partial charge in [0.05, 0.1) is 13.7 Å². The summed E-state index contributed by atoms with van der Waals surface area (Å²) in [5.74, 6) is 1.01. The van der Waals surface area contributed by atoms with Crippen LogP contribution in [0, 0.1) is 5.82 Å². The predicted molar refractivity (Wildman–Crippen MR) is 138 cm³/mol. The van der Waals surface area contributed by atoms with Crippen molar-refractivity contribution in [1.82, 2.24) is 19.9 Å². The van der Waals surface area contributed by atoms with Crippen molar-refractivity contribution in [2.75, 3.05) is 30.9 Å². The summed E-state index contributed by atoms with van der Waals surface area (Å²) in [5.41, 5.74) is 2.01. The molecular weight excluding hydrogens is 467 g/mol. The van der Waals surface area contributed by atoms with Crippen LogP contribution in [0.25, 0.3) is 16.2 Å². The molecule has 4 rings (SSSR count). The Balaban J connectivity index is 1.51. The summed E-state index contributed by atoms with van der Waals surface area (Å²) in [7, 11) is 3.43. The molecule has 184 valence electrons. The largest absolute Gasteiger partial charge is 0.497 e. The Morgan fingerprint density at radius 1 is 1.20 bits per heavy atom. The van der Waals surface area contributed by atoms with E-state index in [1.807, 2.05) is 58.2 Å². The van der Waals surface area contributed by atoms with E-state index < -0.39 is 0 Å². The van der Waals surface area contributed by atoms with E-state index >= 15 is 0 Å². The number of halogens is 1. The SMILES string of the molecule is COc1ccc(CNC(=O)CN(C)c2nn3c(NC(C)(C)C)c(-c4cccc(F)c4)nc3s2)cc1. The average Bonchev–Trinajstić information content (AvgIpc) is 3.36. The summed E-state index contributed by atoms with van der Waals surface area (Å²) in [4.78, 5) is 19.7. The van der Waals surface area contributed by atoms with Gasteiger partial charge >= 0.3 is 0 Å². The molecule has 10 heteroatoms. The second kappa shape index (κ2) is 9.91. The topological polar surface area (TPSA) is 83.8 Å². The Labute approximate surface area is 207 Å². The third-order valence-corrected chi connectivity index (χ3v) is 6.16. The summed E-state index contributed by atoms with van der Waals surface area (Å²) in [6.07, 6.45) is 0. The number of anilines is 2. The van der Waals surface area contributed by atoms with Crippen molar-refractivity contribution in [3.8, 4) is 17.0 Å². The molecule has 0 fully saturated rings. The third kappa shape index (κ3) is 5.89. The number of methoxy groups -OCH3 is 1. The lowest BCUT2D eigenvalue weighted by molar-refractivity contribution is -0.119. The van der Waals surface area contributed by atoms with E-state index in [9.17, 15) is 9.18 Å². The van der Waals surface area contributed by atoms with Crippen molar-refractivity contribution >= 4 is 33.2 Å². The molecule has 0 aliphatic carbocycles. The summed E-state index contributed by atoms with van der Waals surface area (Å²) in [6.45, 7) is 6.68. The van der Waals surface area contributed by atoms with Gasteiger partial charge in [0.25, 0.3) is 0 Å². The number of nitrogens with zero attached hydrogens (tertiary/aromatic N) is 4. The molecule has 0 aliphatic heterocycles. The van der Waals surface area contributed by atoms with E-state index in [-0.39, 0.29) is 23.8 Å². The van der Waals surface area contributed by atoms with Crippen LogP contribution in [0.2, 0.25) is 0 Å². The normalized spacial score (nSPS) is 11.5. The van der Waals surface area contributed by atoms with Gasteiger partial charge in [-0.15, -0.1) is 5.10 Å². The Bertz CT molecular complexity index is 1330. The number of nitrogens with one attached hydrogen (secondary N) is 2. The van der Waals surface area contributed by atoms with E-state index in [1.165, 1.54) is 23.5 Å². The van der Waals surface area contributed by atoms with Gasteiger partial charge in [-0.2, -0.15) is 4.52 Å². The van der Waals surface area contributed by atoms with E-state index in [4.69, 9.17) is 14.8 Å². The minimum atomic E-state index is -0.324. The number of hydrogen-bond acceptors (Lipinski definition) is 7. The fourth-order valence-corrected chi connectivity index (χ4v) is 4.34. The van der Waals surface area contributed by atoms with Crippen LogP contribution in [-0.2, 0) is 11.3 Å². The van der Waals surface area contributed by atoms with Gasteiger partial charge in [-0.1, -0.05) is 35.6 Å². The van der Waals surface area contributed by atoms with Crippen molar-refractivity contribution in [3.05, 3.63) is 59.9 Å². The minimum absolute atomic E-state index is 0.121. The first-order valence-electron chi connectivity index (χ1n) is 11.2. The van der Waals surface area contributed by atoms with Gasteiger partial charge in [-0.25, -0.2) is 9.37 Å². The number of aromatic nitrogens is 3. The average molecular weight is 497 g/mol. The molecule has 2 aromatic carbocycles. The number of hydrogen-bond donors (Lipinski definition) is 2. The Kier molecular flexibility index (Phi) is 6.93. The van der Waals surface area contributed by atoms with Gasteiger partial charge in [0.1, 0.15) is 17.3 Å². The zero-order chi connectivity index (χ0) is 25.2. The van der Waals surface area contributed by atoms with Crippen LogP contribution >= 0.6 is 11.3 Å². The molecule has 2 heterocycles. The zero-order valence-corrected chi connectivity index (χ0v) is 21.2. The Morgan fingerprint density at radius 3 is 2.60 bits per heavy atom. The van der Waals surface area contributed by atoms with Crippen LogP contribution in [0.4, 0.5) is 15.3 Å². The van der Waals surface area contributed by atoms with Crippen LogP contribution < -0.4 is 20.3 Å². The van der Waals surface area contributed by atoms with Gasteiger partial charge in [-0.05, 0) is 50.6 Å². The lowest BCUT2D eigenvalue weighted by atomic mass is 10.1. The number of benzene rings is 2. The number of carbonyl (C=O) groups excluding carboxylic acids is 1. The Morgan fingerprint density at radius 2 is 1.94 bits per heavy atom. The van der Waals surface area contributed by atoms with Crippen LogP contribution in [0.3, 0.4) is 0 Å². The molecule has 0 bridgehead atoms. The van der Waals surface area contributed by atoms with Gasteiger partial charge in [0.15, 0.2) is 5.82 Å². The van der Waals surface area contributed by atoms with Gasteiger partial charge in [-0.3, -0.25) is 4.79 Å². The van der Waals surface area contributed by atoms with Gasteiger partial charge in [0, 0.05) is 24.7 Å². The fourth-order valence-electron chi connectivity index (χ4n) is 3.48. The molecule has 0 saturated carbocycles. The maximum absolute atomic E-state index is 13.9. The quantitative estimate of drug-likeness (QED) is 0.372. The van der Waals surface area contributed by atoms with Crippen LogP contribution in [0.1, 0.15) is 26.3 Å². The maximum atomic E-state index is 13.9. The number of rotatable bonds is 8. The summed E-state index contributed by atoms with van der Waals surface area (Å²) in [5, 5.41) is 11.7. The molecule has 0 radical (unpaired) electrons. The first-order chi connectivity index (χ1) is 16.6. The number of imidazole rings is 1. The second-order valence-electron chi connectivity index (χ2n) is 9.25. The van der Waals surface area contributed by atoms with Crippen LogP contribution in [-0.4, -0.2) is 46.7 Å². The molecule has 1 amide bonds. The maximum Gasteiger partial charge on any atom is 0.239 e. The third-order valence-electron chi connectivity index (χ3n) is 5.14. The molecule has 0 aliphatic rings. The molecular formula is C25H29FN6O2S. The highest BCUT2D eigenvalue weighted by atomic mass is 32.1. The number of likely N-dealkylation sites (N-methyl/N-ethyl adjacent to an activating group) is 1. The van der Waals surface area contributed by atoms with Gasteiger partial charge in [0.2, 0.25) is 16.0 Å². The number of fused-ring (bicyclic) bond motifs is 1. The van der Waals surface area contributed by atoms with E-state index in [2.05, 4.69) is 10.6 Å². The summed E-state index contributed by atoms with van der Waals surface area (Å²) < 4.78 is 20.8. The fraction of sp³-hybridized carbons (Fsp3) is 0.320. The molecule has 8 nitrogen and oxygen atoms in total. The molecule has 0 unspecified atom stereocenters. The standard InChI is InChI=1S/C25H29FN6O2S/c1-25(2,3)29-22-21(17-7-6-8-18(26)13-17)28-23-32(22)30-24(35-23)31(4)15-20(33)27-14-16-9-11-19(34-5)12-10-16/h6-13,29H,14-15H2,1-5H3,(H,27,33). The smallest absolute Gasteiger partial charge is 0.239 e. The highest BCUT2D eigenvalue weighted by molar-refractivity contribution is 7.20. The number of ether oxygens (including phenoxy) is 1. The highest BCUT2D eigenvalue weighted by Crippen LogP contribution is 2.34. The minimum Gasteiger partial charge on any atom is -0.497 e. The van der Waals surface area contributed by atoms with Crippen molar-refractivity contribution in [2.45, 2.75) is 32.9 Å². The molecule has 0 atom stereocenters. The first kappa shape index (κ1) is 24.5. The molecule has 2 aromatic heterocycles. The summed E-state index contributed by atoms with van der Waals surface area (Å²) in [6, 6.07) is 13.9. The van der Waals surface area contributed by atoms with Crippen molar-refractivity contribution < 1.29 is 13.9 Å². The van der Waals surface area contributed by atoms with E-state index in [1.54, 1.807) is 22.6 Å². The number of carbonyl (C=O) groups is 1. The van der Waals surface area contributed by atoms with Gasteiger partial charge < -0.3 is 20.3 Å². The van der Waals surface area contributed by atoms with Crippen molar-refractivity contribution in [1.29, 1.82) is 0 Å². The van der Waals surface area contributed by atoms with E-state index in [0.29, 0.717) is 33.7 Å². The van der Waals surface area contributed by atoms with Crippen LogP contribution in [0.5, 0.6) is 5.75 Å². The summed E-state index contributed by atoms with van der Waals surface area (Å²) >= 11 is 1.36. The molecule has 0 saturated heterocycles. The lowest BCUT2D eigenvalue weighted by Gasteiger charge is -2.22. The first-order valence-corrected chi connectivity index (χ1v) is 12.0. The molecule has 0 spiro atoms. The van der Waals surface area contributed by atoms with Crippen molar-refractivity contribution in [2.24, 2.45) is 0 Å². The zero-order valence-electron chi connectivity index (χ0n) is 20.4. The second-order valence-corrected chi connectivity index (χ2v) is 10.2. The van der Waals surface area contributed by atoms with Crippen LogP contribution in [0.15, 0.2) is 48.5 Å². The Hall–Kier alpha value is -3.66. The molecule has 2 N–H and O–H groups in total. The number of amides is 1.